The van der Waals surface area contributed by atoms with E-state index in [1.165, 1.54) is 5.57 Å². The van der Waals surface area contributed by atoms with Crippen LogP contribution in [0.5, 0.6) is 0 Å². The van der Waals surface area contributed by atoms with Crippen LogP contribution in [-0.4, -0.2) is 23.2 Å². The van der Waals surface area contributed by atoms with Crippen molar-refractivity contribution in [3.63, 3.8) is 0 Å². The van der Waals surface area contributed by atoms with Crippen molar-refractivity contribution < 1.29 is 53.3 Å². The first-order valence-corrected chi connectivity index (χ1v) is 4.55. The molecule has 0 aromatic carbocycles. The summed E-state index contributed by atoms with van der Waals surface area (Å²) in [6.07, 6.45) is -10.6. The van der Waals surface area contributed by atoms with Gasteiger partial charge in [-0.05, 0) is 13.3 Å². The van der Waals surface area contributed by atoms with E-state index < -0.39 is 30.0 Å². The van der Waals surface area contributed by atoms with Crippen molar-refractivity contribution >= 4 is 5.78 Å². The number of alkyl halides is 6. The molecule has 0 fully saturated rings. The molecule has 0 aromatic heterocycles. The molecule has 0 aliphatic carbocycles. The zero-order valence-corrected chi connectivity index (χ0v) is 10.9. The van der Waals surface area contributed by atoms with E-state index in [0.717, 1.165) is 6.42 Å². The Labute approximate surface area is 116 Å². The number of allylic oxidation sites excluding steroid dienone is 3. The quantitative estimate of drug-likeness (QED) is 0.270. The molecule has 0 spiro atoms. The number of carbonyl (C=O) groups is 1. The maximum absolute atomic E-state index is 11.4. The SMILES string of the molecule is C=C(C)CC.O=C(/C=C(\O)C(F)(F)F)C(F)(F)F.[Cu]. The zero-order chi connectivity index (χ0) is 15.1. The van der Waals surface area contributed by atoms with Crippen molar-refractivity contribution in [2.24, 2.45) is 0 Å². The minimum Gasteiger partial charge on any atom is -0.504 e. The molecule has 19 heavy (non-hydrogen) atoms. The second-order valence-electron chi connectivity index (χ2n) is 3.20. The number of hydrogen-bond donors (Lipinski definition) is 1. The second kappa shape index (κ2) is 9.03. The van der Waals surface area contributed by atoms with Gasteiger partial charge in [-0.3, -0.25) is 4.79 Å². The summed E-state index contributed by atoms with van der Waals surface area (Å²) in [5.74, 6) is -5.34. The molecule has 0 amide bonds. The fourth-order valence-corrected chi connectivity index (χ4v) is 0.288. The minimum absolute atomic E-state index is 0. The Morgan fingerprint density at radius 2 is 1.47 bits per heavy atom. The average Bonchev–Trinajstić information content (AvgIpc) is 2.15. The van der Waals surface area contributed by atoms with Gasteiger partial charge in [-0.15, -0.1) is 6.58 Å². The normalized spacial score (nSPS) is 11.9. The van der Waals surface area contributed by atoms with Crippen LogP contribution in [0.25, 0.3) is 0 Å². The number of carbonyl (C=O) groups excluding carboxylic acids is 1. The van der Waals surface area contributed by atoms with Gasteiger partial charge in [-0.25, -0.2) is 0 Å². The summed E-state index contributed by atoms with van der Waals surface area (Å²) >= 11 is 0. The molecule has 1 N–H and O–H groups in total. The van der Waals surface area contributed by atoms with E-state index in [1.54, 1.807) is 0 Å². The van der Waals surface area contributed by atoms with E-state index >= 15 is 0 Å². The van der Waals surface area contributed by atoms with Crippen LogP contribution < -0.4 is 0 Å². The molecule has 1 radical (unpaired) electrons. The third-order valence-corrected chi connectivity index (χ3v) is 1.44. The van der Waals surface area contributed by atoms with Gasteiger partial charge in [0, 0.05) is 23.1 Å². The van der Waals surface area contributed by atoms with Crippen LogP contribution in [0.3, 0.4) is 0 Å². The Kier molecular flexibility index (Phi) is 11.0. The topological polar surface area (TPSA) is 37.3 Å². The molecule has 2 nitrogen and oxygen atoms in total. The molecule has 0 aliphatic heterocycles. The molecule has 0 saturated heterocycles. The molecule has 0 saturated carbocycles. The fraction of sp³-hybridized carbons (Fsp3) is 0.500. The van der Waals surface area contributed by atoms with E-state index in [1.807, 2.05) is 6.92 Å². The zero-order valence-electron chi connectivity index (χ0n) is 9.92. The summed E-state index contributed by atoms with van der Waals surface area (Å²) in [5, 5.41) is 7.93. The maximum Gasteiger partial charge on any atom is 0.454 e. The van der Waals surface area contributed by atoms with E-state index in [9.17, 15) is 31.1 Å². The van der Waals surface area contributed by atoms with Gasteiger partial charge in [0.25, 0.3) is 5.78 Å². The fourth-order valence-electron chi connectivity index (χ4n) is 0.288. The number of ketones is 1. The first-order valence-electron chi connectivity index (χ1n) is 4.55. The first-order chi connectivity index (χ1) is 7.82. The summed E-state index contributed by atoms with van der Waals surface area (Å²) < 4.78 is 68.1. The molecule has 117 valence electrons. The van der Waals surface area contributed by atoms with Gasteiger partial charge >= 0.3 is 12.4 Å². The molecule has 0 rings (SSSR count). The maximum atomic E-state index is 11.4. The van der Waals surface area contributed by atoms with Gasteiger partial charge in [0.15, 0.2) is 0 Å². The molecular weight excluding hydrogens is 330 g/mol. The summed E-state index contributed by atoms with van der Waals surface area (Å²) in [7, 11) is 0. The van der Waals surface area contributed by atoms with E-state index in [2.05, 4.69) is 13.5 Å². The molecule has 0 atom stereocenters. The van der Waals surface area contributed by atoms with Crippen LogP contribution in [0.2, 0.25) is 0 Å². The third kappa shape index (κ3) is 13.3. The van der Waals surface area contributed by atoms with Gasteiger partial charge in [0.2, 0.25) is 5.76 Å². The standard InChI is InChI=1S/C5H2F6O2.C5H10.Cu/c6-4(7,8)2(12)1-3(13)5(9,10)11;1-4-5(2)3;/h1,12H;2,4H2,1,3H3;/b2-1-;;. The second-order valence-corrected chi connectivity index (χ2v) is 3.20. The predicted molar refractivity (Wildman–Crippen MR) is 52.9 cm³/mol. The van der Waals surface area contributed by atoms with Crippen LogP contribution in [0.4, 0.5) is 26.3 Å². The van der Waals surface area contributed by atoms with Gasteiger partial charge in [0.1, 0.15) is 0 Å². The largest absolute Gasteiger partial charge is 0.504 e. The van der Waals surface area contributed by atoms with E-state index in [-0.39, 0.29) is 17.1 Å². The smallest absolute Gasteiger partial charge is 0.454 e. The van der Waals surface area contributed by atoms with Crippen molar-refractivity contribution in [1.82, 2.24) is 0 Å². The molecule has 0 aliphatic rings. The molecule has 0 bridgehead atoms. The number of hydrogen-bond acceptors (Lipinski definition) is 2. The van der Waals surface area contributed by atoms with Crippen LogP contribution in [-0.2, 0) is 21.9 Å². The third-order valence-electron chi connectivity index (χ3n) is 1.44. The van der Waals surface area contributed by atoms with Crippen molar-refractivity contribution in [3.8, 4) is 0 Å². The minimum atomic E-state index is -5.42. The Bertz CT molecular complexity index is 330. The number of aliphatic hydroxyl groups excluding tert-OH is 1. The number of halogens is 6. The van der Waals surface area contributed by atoms with Gasteiger partial charge < -0.3 is 5.11 Å². The van der Waals surface area contributed by atoms with Crippen molar-refractivity contribution in [3.05, 3.63) is 24.0 Å². The van der Waals surface area contributed by atoms with E-state index in [4.69, 9.17) is 5.11 Å². The van der Waals surface area contributed by atoms with E-state index in [0.29, 0.717) is 0 Å². The molecule has 9 heteroatoms. The summed E-state index contributed by atoms with van der Waals surface area (Å²) in [4.78, 5) is 9.86. The van der Waals surface area contributed by atoms with Gasteiger partial charge in [0.05, 0.1) is 0 Å². The molecule has 0 aromatic rings. The van der Waals surface area contributed by atoms with Gasteiger partial charge in [-0.2, -0.15) is 26.3 Å². The van der Waals surface area contributed by atoms with Gasteiger partial charge in [-0.1, -0.05) is 12.5 Å². The Morgan fingerprint density at radius 3 is 1.63 bits per heavy atom. The number of aliphatic hydroxyl groups is 1. The average molecular weight is 342 g/mol. The Balaban J connectivity index is -0.000000366. The monoisotopic (exact) mass is 341 g/mol. The number of rotatable bonds is 2. The molecule has 0 heterocycles. The Morgan fingerprint density at radius 1 is 1.16 bits per heavy atom. The summed E-state index contributed by atoms with van der Waals surface area (Å²) in [6, 6.07) is 0. The molecular formula is C10H12CuF6O2. The van der Waals surface area contributed by atoms with Crippen LogP contribution in [0.15, 0.2) is 24.0 Å². The predicted octanol–water partition coefficient (Wildman–Crippen LogP) is 4.09. The Hall–Kier alpha value is -0.951. The van der Waals surface area contributed by atoms with Crippen molar-refractivity contribution in [1.29, 1.82) is 0 Å². The molecule has 0 unspecified atom stereocenters. The summed E-state index contributed by atoms with van der Waals surface area (Å²) in [6.45, 7) is 7.80. The van der Waals surface area contributed by atoms with Crippen molar-refractivity contribution in [2.45, 2.75) is 32.6 Å². The van der Waals surface area contributed by atoms with Crippen LogP contribution >= 0.6 is 0 Å². The summed E-state index contributed by atoms with van der Waals surface area (Å²) in [5.41, 5.74) is 1.25. The van der Waals surface area contributed by atoms with Crippen LogP contribution in [0.1, 0.15) is 20.3 Å². The van der Waals surface area contributed by atoms with Crippen LogP contribution in [0, 0.1) is 0 Å². The van der Waals surface area contributed by atoms with Crippen molar-refractivity contribution in [2.75, 3.05) is 0 Å². The first kappa shape index (κ1) is 23.2.